The summed E-state index contributed by atoms with van der Waals surface area (Å²) in [6.45, 7) is 9.94. The van der Waals surface area contributed by atoms with E-state index in [0.717, 1.165) is 16.7 Å². The summed E-state index contributed by atoms with van der Waals surface area (Å²) >= 11 is 0. The molecule has 3 nitrogen and oxygen atoms in total. The van der Waals surface area contributed by atoms with Gasteiger partial charge >= 0.3 is 0 Å². The van der Waals surface area contributed by atoms with Gasteiger partial charge < -0.3 is 9.53 Å². The third kappa shape index (κ3) is 1.84. The maximum absolute atomic E-state index is 12.4. The van der Waals surface area contributed by atoms with E-state index in [-0.39, 0.29) is 5.78 Å². The molecule has 0 spiro atoms. The molecule has 20 heavy (non-hydrogen) atoms. The molecule has 3 heteroatoms. The molecular weight excluding hydrogens is 252 g/mol. The van der Waals surface area contributed by atoms with E-state index in [0.29, 0.717) is 23.5 Å². The van der Waals surface area contributed by atoms with Gasteiger partial charge in [-0.1, -0.05) is 49.6 Å². The average molecular weight is 266 g/mol. The Hall–Kier alpha value is -2.68. The quantitative estimate of drug-likeness (QED) is 0.826. The van der Waals surface area contributed by atoms with Gasteiger partial charge in [-0.15, -0.1) is 0 Å². The van der Waals surface area contributed by atoms with Gasteiger partial charge in [0.1, 0.15) is 19.2 Å². The summed E-state index contributed by atoms with van der Waals surface area (Å²) in [6, 6.07) is 7.81. The molecule has 0 unspecified atom stereocenters. The zero-order chi connectivity index (χ0) is 14.7. The summed E-state index contributed by atoms with van der Waals surface area (Å²) in [5.41, 5.74) is 3.96. The highest BCUT2D eigenvalue weighted by atomic mass is 16.5. The molecule has 0 atom stereocenters. The molecule has 1 aliphatic heterocycles. The number of benzene rings is 1. The lowest BCUT2D eigenvalue weighted by Gasteiger charge is -2.19. The lowest BCUT2D eigenvalue weighted by molar-refractivity contribution is -0.110. The molecular formula is C17H14O3. The Bertz CT molecular complexity index is 663. The van der Waals surface area contributed by atoms with Crippen molar-refractivity contribution < 1.29 is 14.3 Å². The molecule has 0 bridgehead atoms. The molecule has 0 amide bonds. The molecule has 1 aliphatic carbocycles. The number of ketones is 1. The first-order valence-electron chi connectivity index (χ1n) is 6.06. The van der Waals surface area contributed by atoms with Gasteiger partial charge in [0.25, 0.3) is 0 Å². The molecule has 3 rings (SSSR count). The highest BCUT2D eigenvalue weighted by Crippen LogP contribution is 2.41. The van der Waals surface area contributed by atoms with Crippen LogP contribution in [0.4, 0.5) is 0 Å². The Morgan fingerprint density at radius 3 is 2.35 bits per heavy atom. The van der Waals surface area contributed by atoms with Crippen LogP contribution in [-0.2, 0) is 20.9 Å². The number of carbonyl (C=O) groups is 2. The van der Waals surface area contributed by atoms with Gasteiger partial charge in [-0.3, -0.25) is 4.79 Å². The normalized spacial score (nSPS) is 15.7. The first-order chi connectivity index (χ1) is 9.77. The minimum atomic E-state index is -0.0259. The van der Waals surface area contributed by atoms with E-state index in [1.165, 1.54) is 0 Å². The molecule has 0 saturated carbocycles. The van der Waals surface area contributed by atoms with Crippen molar-refractivity contribution in [2.45, 2.75) is 6.61 Å². The molecule has 2 aliphatic rings. The number of hydrogen-bond donors (Lipinski definition) is 0. The van der Waals surface area contributed by atoms with Crippen molar-refractivity contribution in [1.82, 2.24) is 0 Å². The van der Waals surface area contributed by atoms with Crippen LogP contribution in [0.1, 0.15) is 11.1 Å². The van der Waals surface area contributed by atoms with E-state index in [4.69, 9.17) is 9.53 Å². The zero-order valence-electron chi connectivity index (χ0n) is 11.0. The van der Waals surface area contributed by atoms with Gasteiger partial charge in [0, 0.05) is 11.1 Å². The van der Waals surface area contributed by atoms with Crippen molar-refractivity contribution >= 4 is 18.1 Å². The second-order valence-corrected chi connectivity index (χ2v) is 4.21. The van der Waals surface area contributed by atoms with Crippen LogP contribution >= 0.6 is 0 Å². The minimum Gasteiger partial charge on any atom is -0.487 e. The Morgan fingerprint density at radius 2 is 1.70 bits per heavy atom. The molecule has 0 fully saturated rings. The van der Waals surface area contributed by atoms with Crippen LogP contribution in [0.25, 0.3) is 5.57 Å². The maximum atomic E-state index is 12.4. The number of rotatable bonds is 2. The van der Waals surface area contributed by atoms with Crippen LogP contribution < -0.4 is 0 Å². The Morgan fingerprint density at radius 1 is 1.05 bits per heavy atom. The van der Waals surface area contributed by atoms with Gasteiger partial charge in [0.15, 0.2) is 5.78 Å². The first-order valence-corrected chi connectivity index (χ1v) is 6.06. The fraction of sp³-hybridized carbons (Fsp3) is 0.0588. The van der Waals surface area contributed by atoms with E-state index >= 15 is 0 Å². The number of hydrogen-bond acceptors (Lipinski definition) is 3. The standard InChI is InChI=1S/C16H12O2.CH2O/c1-3-11-12(4-2)16-14(15(11)17)13-8-6-5-7-10(13)9-18-16;1-2/h3-8H,1-2,9H2;1H2. The predicted molar refractivity (Wildman–Crippen MR) is 77.7 cm³/mol. The maximum Gasteiger partial charge on any atom is 0.198 e. The third-order valence-corrected chi connectivity index (χ3v) is 3.30. The summed E-state index contributed by atoms with van der Waals surface area (Å²) in [5, 5.41) is 0. The summed E-state index contributed by atoms with van der Waals surface area (Å²) in [7, 11) is 0. The molecule has 0 aromatic heterocycles. The van der Waals surface area contributed by atoms with Gasteiger partial charge in [-0.2, -0.15) is 0 Å². The Balaban J connectivity index is 0.000000704. The predicted octanol–water partition coefficient (Wildman–Crippen LogP) is 2.99. The monoisotopic (exact) mass is 266 g/mol. The summed E-state index contributed by atoms with van der Waals surface area (Å²) in [5.74, 6) is 0.616. The van der Waals surface area contributed by atoms with Crippen molar-refractivity contribution in [1.29, 1.82) is 0 Å². The third-order valence-electron chi connectivity index (χ3n) is 3.30. The van der Waals surface area contributed by atoms with Crippen molar-refractivity contribution in [2.24, 2.45) is 0 Å². The van der Waals surface area contributed by atoms with E-state index in [2.05, 4.69) is 13.2 Å². The van der Waals surface area contributed by atoms with E-state index in [9.17, 15) is 4.79 Å². The summed E-state index contributed by atoms with van der Waals surface area (Å²) in [4.78, 5) is 20.4. The van der Waals surface area contributed by atoms with E-state index in [1.54, 1.807) is 12.2 Å². The van der Waals surface area contributed by atoms with E-state index in [1.807, 2.05) is 31.1 Å². The fourth-order valence-electron chi connectivity index (χ4n) is 2.46. The molecule has 100 valence electrons. The smallest absolute Gasteiger partial charge is 0.198 e. The fourth-order valence-corrected chi connectivity index (χ4v) is 2.46. The highest BCUT2D eigenvalue weighted by molar-refractivity contribution is 6.34. The molecule has 0 radical (unpaired) electrons. The second-order valence-electron chi connectivity index (χ2n) is 4.21. The van der Waals surface area contributed by atoms with Gasteiger partial charge in [0.05, 0.1) is 5.57 Å². The molecule has 0 N–H and O–H groups in total. The summed E-state index contributed by atoms with van der Waals surface area (Å²) < 4.78 is 5.72. The zero-order valence-corrected chi connectivity index (χ0v) is 11.0. The number of ether oxygens (including phenoxy) is 1. The van der Waals surface area contributed by atoms with Crippen LogP contribution in [0.3, 0.4) is 0 Å². The SMILES string of the molecule is C=CC1=C(C=C)C2=C(C1=O)c1ccccc1CO2.C=O. The van der Waals surface area contributed by atoms with Crippen molar-refractivity contribution in [2.75, 3.05) is 0 Å². The molecule has 0 saturated heterocycles. The van der Waals surface area contributed by atoms with Crippen LogP contribution in [0.2, 0.25) is 0 Å². The minimum absolute atomic E-state index is 0.0259. The van der Waals surface area contributed by atoms with E-state index < -0.39 is 0 Å². The van der Waals surface area contributed by atoms with Crippen molar-refractivity contribution in [3.8, 4) is 0 Å². The van der Waals surface area contributed by atoms with Crippen molar-refractivity contribution in [3.05, 3.63) is 77.6 Å². The van der Waals surface area contributed by atoms with Gasteiger partial charge in [-0.05, 0) is 11.1 Å². The molecule has 1 aromatic carbocycles. The lowest BCUT2D eigenvalue weighted by Crippen LogP contribution is -2.09. The van der Waals surface area contributed by atoms with Crippen LogP contribution in [0, 0.1) is 0 Å². The second kappa shape index (κ2) is 5.53. The number of allylic oxidation sites excluding steroid dienone is 4. The van der Waals surface area contributed by atoms with Gasteiger partial charge in [0.2, 0.25) is 0 Å². The summed E-state index contributed by atoms with van der Waals surface area (Å²) in [6.07, 6.45) is 3.23. The topological polar surface area (TPSA) is 43.4 Å². The van der Waals surface area contributed by atoms with Crippen LogP contribution in [-0.4, -0.2) is 12.6 Å². The molecule has 1 aromatic rings. The number of fused-ring (bicyclic) bond motifs is 2. The number of Topliss-reactive ketones (excluding diaryl/α,β-unsaturated/α-hetero) is 1. The van der Waals surface area contributed by atoms with Crippen LogP contribution in [0.5, 0.6) is 0 Å². The first kappa shape index (κ1) is 13.7. The van der Waals surface area contributed by atoms with Crippen molar-refractivity contribution in [3.63, 3.8) is 0 Å². The lowest BCUT2D eigenvalue weighted by atomic mass is 9.95. The molecule has 1 heterocycles. The highest BCUT2D eigenvalue weighted by Gasteiger charge is 2.35. The van der Waals surface area contributed by atoms with Gasteiger partial charge in [-0.25, -0.2) is 0 Å². The Kier molecular flexibility index (Phi) is 3.80. The Labute approximate surface area is 117 Å². The largest absolute Gasteiger partial charge is 0.487 e. The van der Waals surface area contributed by atoms with Crippen LogP contribution in [0.15, 0.2) is 66.5 Å². The number of carbonyl (C=O) groups excluding carboxylic acids is 2. The average Bonchev–Trinajstić information content (AvgIpc) is 2.81.